The lowest BCUT2D eigenvalue weighted by atomic mass is 10.1. The molecular formula is C19H22N4O3. The number of nitrogens with one attached hydrogen (secondary N) is 1. The van der Waals surface area contributed by atoms with Gasteiger partial charge in [0.2, 0.25) is 0 Å². The van der Waals surface area contributed by atoms with Crippen LogP contribution in [0.1, 0.15) is 31.3 Å². The van der Waals surface area contributed by atoms with E-state index >= 15 is 0 Å². The van der Waals surface area contributed by atoms with Crippen molar-refractivity contribution in [3.63, 3.8) is 0 Å². The molecule has 1 atom stereocenters. The summed E-state index contributed by atoms with van der Waals surface area (Å²) in [5.74, 6) is 2.49. The van der Waals surface area contributed by atoms with Crippen LogP contribution in [0.25, 0.3) is 11.4 Å². The highest BCUT2D eigenvalue weighted by molar-refractivity contribution is 5.57. The minimum absolute atomic E-state index is 0.158. The highest BCUT2D eigenvalue weighted by Crippen LogP contribution is 2.31. The highest BCUT2D eigenvalue weighted by Gasteiger charge is 2.17. The molecule has 0 aliphatic rings. The molecule has 1 heterocycles. The number of rotatable bonds is 7. The minimum Gasteiger partial charge on any atom is -0.508 e. The third-order valence-electron chi connectivity index (χ3n) is 3.83. The lowest BCUT2D eigenvalue weighted by Crippen LogP contribution is -2.14. The molecule has 0 aliphatic heterocycles. The van der Waals surface area contributed by atoms with Crippen LogP contribution in [-0.2, 0) is 0 Å². The van der Waals surface area contributed by atoms with Gasteiger partial charge in [-0.1, -0.05) is 18.2 Å². The molecule has 0 aliphatic carbocycles. The third-order valence-corrected chi connectivity index (χ3v) is 3.83. The summed E-state index contributed by atoms with van der Waals surface area (Å²) in [6.07, 6.45) is 0. The van der Waals surface area contributed by atoms with Crippen molar-refractivity contribution >= 4 is 0 Å². The summed E-state index contributed by atoms with van der Waals surface area (Å²) in [6, 6.07) is 11.8. The van der Waals surface area contributed by atoms with Gasteiger partial charge in [0.15, 0.2) is 17.3 Å². The molecule has 136 valence electrons. The number of phenols is 1. The van der Waals surface area contributed by atoms with Gasteiger partial charge < -0.3 is 20.3 Å². The maximum Gasteiger partial charge on any atom is 0.181 e. The van der Waals surface area contributed by atoms with Crippen LogP contribution in [-0.4, -0.2) is 33.5 Å². The van der Waals surface area contributed by atoms with E-state index in [-0.39, 0.29) is 5.75 Å². The lowest BCUT2D eigenvalue weighted by Gasteiger charge is -2.14. The molecule has 3 rings (SSSR count). The monoisotopic (exact) mass is 354 g/mol. The summed E-state index contributed by atoms with van der Waals surface area (Å²) in [4.78, 5) is 4.46. The number of hydrogen-bond donors (Lipinski definition) is 3. The number of aromatic hydroxyl groups is 1. The number of phenolic OH excluding ortho intramolecular Hbond substituents is 1. The average Bonchev–Trinajstić information content (AvgIpc) is 3.13. The minimum atomic E-state index is -0.497. The van der Waals surface area contributed by atoms with E-state index in [1.807, 2.05) is 38.1 Å². The summed E-state index contributed by atoms with van der Waals surface area (Å²) in [6.45, 7) is 4.93. The van der Waals surface area contributed by atoms with Gasteiger partial charge in [-0.3, -0.25) is 5.10 Å². The van der Waals surface area contributed by atoms with Crippen molar-refractivity contribution in [1.82, 2.24) is 15.2 Å². The third kappa shape index (κ3) is 3.78. The molecule has 26 heavy (non-hydrogen) atoms. The Balaban J connectivity index is 1.87. The predicted molar refractivity (Wildman–Crippen MR) is 98.3 cm³/mol. The molecule has 0 saturated carbocycles. The summed E-state index contributed by atoms with van der Waals surface area (Å²) < 4.78 is 11.2. The zero-order chi connectivity index (χ0) is 18.5. The molecule has 0 saturated heterocycles. The molecule has 0 spiro atoms. The zero-order valence-corrected chi connectivity index (χ0v) is 14.8. The number of nitrogens with two attached hydrogens (primary N) is 1. The van der Waals surface area contributed by atoms with Crippen LogP contribution >= 0.6 is 0 Å². The number of hydrogen-bond acceptors (Lipinski definition) is 6. The van der Waals surface area contributed by atoms with Gasteiger partial charge in [0.1, 0.15) is 11.6 Å². The van der Waals surface area contributed by atoms with Gasteiger partial charge in [-0.2, -0.15) is 5.10 Å². The van der Waals surface area contributed by atoms with Crippen molar-refractivity contribution in [3.8, 4) is 28.6 Å². The van der Waals surface area contributed by atoms with Crippen LogP contribution < -0.4 is 15.2 Å². The Labute approximate surface area is 151 Å². The molecule has 7 nitrogen and oxygen atoms in total. The lowest BCUT2D eigenvalue weighted by molar-refractivity contribution is 0.287. The van der Waals surface area contributed by atoms with Gasteiger partial charge in [-0.05, 0) is 43.7 Å². The largest absolute Gasteiger partial charge is 0.508 e. The smallest absolute Gasteiger partial charge is 0.181 e. The van der Waals surface area contributed by atoms with E-state index in [0.717, 1.165) is 5.56 Å². The van der Waals surface area contributed by atoms with Gasteiger partial charge in [-0.25, -0.2) is 4.98 Å². The van der Waals surface area contributed by atoms with Crippen LogP contribution in [0.2, 0.25) is 0 Å². The van der Waals surface area contributed by atoms with E-state index in [2.05, 4.69) is 15.2 Å². The molecule has 0 fully saturated rings. The number of H-pyrrole nitrogens is 1. The van der Waals surface area contributed by atoms with Gasteiger partial charge in [0.25, 0.3) is 0 Å². The number of benzene rings is 2. The van der Waals surface area contributed by atoms with Gasteiger partial charge in [0.05, 0.1) is 19.3 Å². The Morgan fingerprint density at radius 2 is 1.85 bits per heavy atom. The molecule has 1 aromatic heterocycles. The summed E-state index contributed by atoms with van der Waals surface area (Å²) >= 11 is 0. The van der Waals surface area contributed by atoms with Crippen molar-refractivity contribution in [2.24, 2.45) is 5.73 Å². The molecule has 0 radical (unpaired) electrons. The number of aromatic nitrogens is 3. The van der Waals surface area contributed by atoms with E-state index in [1.165, 1.54) is 0 Å². The number of aromatic amines is 1. The molecular weight excluding hydrogens is 332 g/mol. The maximum atomic E-state index is 9.60. The molecule has 0 amide bonds. The summed E-state index contributed by atoms with van der Waals surface area (Å²) in [5, 5.41) is 16.7. The van der Waals surface area contributed by atoms with E-state index < -0.39 is 6.04 Å². The van der Waals surface area contributed by atoms with Crippen LogP contribution in [0.3, 0.4) is 0 Å². The second-order valence-electron chi connectivity index (χ2n) is 5.64. The zero-order valence-electron chi connectivity index (χ0n) is 14.8. The first-order valence-corrected chi connectivity index (χ1v) is 8.49. The second-order valence-corrected chi connectivity index (χ2v) is 5.64. The van der Waals surface area contributed by atoms with Gasteiger partial charge >= 0.3 is 0 Å². The summed E-state index contributed by atoms with van der Waals surface area (Å²) in [5.41, 5.74) is 7.89. The van der Waals surface area contributed by atoms with E-state index in [1.54, 1.807) is 18.2 Å². The Hall–Kier alpha value is -3.06. The van der Waals surface area contributed by atoms with Gasteiger partial charge in [-0.15, -0.1) is 0 Å². The predicted octanol–water partition coefficient (Wildman–Crippen LogP) is 3.02. The highest BCUT2D eigenvalue weighted by atomic mass is 16.5. The fourth-order valence-corrected chi connectivity index (χ4v) is 2.61. The van der Waals surface area contributed by atoms with Crippen LogP contribution in [0.4, 0.5) is 0 Å². The maximum absolute atomic E-state index is 9.60. The fraction of sp³-hybridized carbons (Fsp3) is 0.263. The Kier molecular flexibility index (Phi) is 5.38. The van der Waals surface area contributed by atoms with Crippen LogP contribution in [0, 0.1) is 0 Å². The normalized spacial score (nSPS) is 12.0. The van der Waals surface area contributed by atoms with E-state index in [9.17, 15) is 5.11 Å². The first-order chi connectivity index (χ1) is 12.6. The van der Waals surface area contributed by atoms with Crippen LogP contribution in [0.15, 0.2) is 42.5 Å². The Morgan fingerprint density at radius 3 is 2.58 bits per heavy atom. The number of ether oxygens (including phenoxy) is 2. The van der Waals surface area contributed by atoms with Gasteiger partial charge in [0, 0.05) is 5.56 Å². The summed E-state index contributed by atoms with van der Waals surface area (Å²) in [7, 11) is 0. The van der Waals surface area contributed by atoms with Crippen molar-refractivity contribution in [1.29, 1.82) is 0 Å². The molecule has 4 N–H and O–H groups in total. The first kappa shape index (κ1) is 17.8. The second kappa shape index (κ2) is 7.88. The molecule has 7 heteroatoms. The SMILES string of the molecule is CCOc1ccc(C(N)c2nc(-c3cccc(O)c3)n[nH]2)cc1OCC. The Bertz CT molecular complexity index is 879. The fourth-order valence-electron chi connectivity index (χ4n) is 2.61. The topological polar surface area (TPSA) is 106 Å². The van der Waals surface area contributed by atoms with E-state index in [0.29, 0.717) is 41.9 Å². The quantitative estimate of drug-likeness (QED) is 0.602. The van der Waals surface area contributed by atoms with Crippen LogP contribution in [0.5, 0.6) is 17.2 Å². The van der Waals surface area contributed by atoms with E-state index in [4.69, 9.17) is 15.2 Å². The standard InChI is InChI=1S/C19H22N4O3/c1-3-25-15-9-8-12(11-16(15)26-4-2)17(20)19-21-18(22-23-19)13-6-5-7-14(24)10-13/h5-11,17,24H,3-4,20H2,1-2H3,(H,21,22,23). The molecule has 2 aromatic carbocycles. The van der Waals surface area contributed by atoms with Crippen molar-refractivity contribution in [2.45, 2.75) is 19.9 Å². The Morgan fingerprint density at radius 1 is 1.08 bits per heavy atom. The molecule has 0 bridgehead atoms. The van der Waals surface area contributed by atoms with Crippen molar-refractivity contribution in [3.05, 3.63) is 53.9 Å². The number of nitrogens with zero attached hydrogens (tertiary/aromatic N) is 2. The molecule has 3 aromatic rings. The van der Waals surface area contributed by atoms with Crippen molar-refractivity contribution in [2.75, 3.05) is 13.2 Å². The van der Waals surface area contributed by atoms with Crippen molar-refractivity contribution < 1.29 is 14.6 Å². The molecule has 1 unspecified atom stereocenters. The average molecular weight is 354 g/mol. The first-order valence-electron chi connectivity index (χ1n) is 8.49.